The van der Waals surface area contributed by atoms with E-state index in [-0.39, 0.29) is 5.95 Å². The molecule has 0 aliphatic heterocycles. The van der Waals surface area contributed by atoms with E-state index < -0.39 is 0 Å². The van der Waals surface area contributed by atoms with E-state index >= 15 is 0 Å². The number of hydrogen-bond donors (Lipinski definition) is 2. The first kappa shape index (κ1) is 13.4. The second-order valence-corrected chi connectivity index (χ2v) is 5.18. The summed E-state index contributed by atoms with van der Waals surface area (Å²) in [6, 6.07) is 12.6. The zero-order valence-corrected chi connectivity index (χ0v) is 12.4. The number of nitrogens with zero attached hydrogens (tertiary/aromatic N) is 2. The van der Waals surface area contributed by atoms with Crippen molar-refractivity contribution in [3.8, 4) is 11.1 Å². The second-order valence-electron chi connectivity index (χ2n) is 5.18. The molecule has 0 atom stereocenters. The van der Waals surface area contributed by atoms with Crippen molar-refractivity contribution in [2.45, 2.75) is 13.8 Å². The van der Waals surface area contributed by atoms with Gasteiger partial charge in [-0.2, -0.15) is 4.98 Å². The van der Waals surface area contributed by atoms with E-state index in [9.17, 15) is 0 Å². The topological polar surface area (TPSA) is 63.8 Å². The van der Waals surface area contributed by atoms with Crippen LogP contribution in [0, 0.1) is 13.8 Å². The molecular formula is C17H18N4. The van der Waals surface area contributed by atoms with E-state index in [4.69, 9.17) is 5.73 Å². The molecule has 3 rings (SSSR count). The average Bonchev–Trinajstić information content (AvgIpc) is 2.45. The van der Waals surface area contributed by atoms with Crippen molar-refractivity contribution in [2.24, 2.45) is 0 Å². The van der Waals surface area contributed by atoms with Gasteiger partial charge in [-0.25, -0.2) is 4.98 Å². The third-order valence-corrected chi connectivity index (χ3v) is 3.72. The Hall–Kier alpha value is -2.62. The van der Waals surface area contributed by atoms with Crippen molar-refractivity contribution in [1.82, 2.24) is 9.97 Å². The molecule has 0 fully saturated rings. The number of aromatic nitrogens is 2. The van der Waals surface area contributed by atoms with Crippen LogP contribution in [0.4, 0.5) is 11.8 Å². The number of fused-ring (bicyclic) bond motifs is 1. The number of hydrogen-bond acceptors (Lipinski definition) is 4. The molecule has 0 amide bonds. The Kier molecular flexibility index (Phi) is 3.22. The predicted octanol–water partition coefficient (Wildman–Crippen LogP) is 3.54. The van der Waals surface area contributed by atoms with Crippen LogP contribution in [0.5, 0.6) is 0 Å². The molecule has 0 aliphatic rings. The van der Waals surface area contributed by atoms with Crippen molar-refractivity contribution in [3.63, 3.8) is 0 Å². The van der Waals surface area contributed by atoms with Gasteiger partial charge in [0.05, 0.1) is 5.52 Å². The Morgan fingerprint density at radius 2 is 1.71 bits per heavy atom. The highest BCUT2D eigenvalue weighted by Gasteiger charge is 2.09. The van der Waals surface area contributed by atoms with Crippen molar-refractivity contribution in [3.05, 3.63) is 47.5 Å². The monoisotopic (exact) mass is 278 g/mol. The van der Waals surface area contributed by atoms with Crippen LogP contribution in [0.1, 0.15) is 11.1 Å². The average molecular weight is 278 g/mol. The predicted molar refractivity (Wildman–Crippen MR) is 88.4 cm³/mol. The maximum Gasteiger partial charge on any atom is 0.222 e. The molecule has 0 unspecified atom stereocenters. The van der Waals surface area contributed by atoms with Crippen molar-refractivity contribution in [1.29, 1.82) is 0 Å². The summed E-state index contributed by atoms with van der Waals surface area (Å²) in [7, 11) is 1.83. The van der Waals surface area contributed by atoms with Gasteiger partial charge >= 0.3 is 0 Å². The third kappa shape index (κ3) is 2.29. The molecule has 4 heteroatoms. The Morgan fingerprint density at radius 1 is 1.00 bits per heavy atom. The number of aryl methyl sites for hydroxylation is 2. The molecule has 21 heavy (non-hydrogen) atoms. The number of nitrogen functional groups attached to an aromatic ring is 1. The summed E-state index contributed by atoms with van der Waals surface area (Å²) in [5.41, 5.74) is 11.6. The van der Waals surface area contributed by atoms with Gasteiger partial charge in [0.1, 0.15) is 5.82 Å². The molecule has 3 N–H and O–H groups in total. The van der Waals surface area contributed by atoms with E-state index in [0.717, 1.165) is 22.3 Å². The standard InChI is InChI=1S/C17H18N4/c1-10-5-4-6-11(2)15(10)12-7-8-13-14(9-12)20-17(18)21-16(13)19-3/h4-9H,1-3H3,(H3,18,19,20,21). The Bertz CT molecular complexity index is 804. The van der Waals surface area contributed by atoms with Crippen molar-refractivity contribution in [2.75, 3.05) is 18.1 Å². The maximum atomic E-state index is 5.79. The van der Waals surface area contributed by atoms with Gasteiger partial charge < -0.3 is 11.1 Å². The lowest BCUT2D eigenvalue weighted by Crippen LogP contribution is -2.01. The van der Waals surface area contributed by atoms with E-state index in [1.165, 1.54) is 16.7 Å². The molecule has 1 heterocycles. The summed E-state index contributed by atoms with van der Waals surface area (Å²) in [4.78, 5) is 8.57. The molecule has 0 aliphatic carbocycles. The van der Waals surface area contributed by atoms with Crippen LogP contribution in [0.15, 0.2) is 36.4 Å². The molecule has 106 valence electrons. The van der Waals surface area contributed by atoms with Gasteiger partial charge in [0.15, 0.2) is 0 Å². The van der Waals surface area contributed by atoms with Gasteiger partial charge in [-0.05, 0) is 48.2 Å². The van der Waals surface area contributed by atoms with Gasteiger partial charge in [-0.1, -0.05) is 24.3 Å². The highest BCUT2D eigenvalue weighted by atomic mass is 15.1. The summed E-state index contributed by atoms with van der Waals surface area (Å²) < 4.78 is 0. The molecule has 0 bridgehead atoms. The SMILES string of the molecule is CNc1nc(N)nc2cc(-c3c(C)cccc3C)ccc12. The lowest BCUT2D eigenvalue weighted by molar-refractivity contribution is 1.22. The normalized spacial score (nSPS) is 10.8. The minimum Gasteiger partial charge on any atom is -0.372 e. The van der Waals surface area contributed by atoms with Crippen LogP contribution in [0.25, 0.3) is 22.0 Å². The fourth-order valence-corrected chi connectivity index (χ4v) is 2.76. The van der Waals surface area contributed by atoms with Gasteiger partial charge in [-0.3, -0.25) is 0 Å². The highest BCUT2D eigenvalue weighted by Crippen LogP contribution is 2.31. The van der Waals surface area contributed by atoms with E-state index in [1.807, 2.05) is 13.1 Å². The van der Waals surface area contributed by atoms with Crippen LogP contribution in [-0.4, -0.2) is 17.0 Å². The van der Waals surface area contributed by atoms with Crippen molar-refractivity contribution < 1.29 is 0 Å². The number of nitrogens with two attached hydrogens (primary N) is 1. The summed E-state index contributed by atoms with van der Waals surface area (Å²) >= 11 is 0. The summed E-state index contributed by atoms with van der Waals surface area (Å²) in [6.45, 7) is 4.25. The highest BCUT2D eigenvalue weighted by molar-refractivity contribution is 5.93. The largest absolute Gasteiger partial charge is 0.372 e. The minimum atomic E-state index is 0.283. The van der Waals surface area contributed by atoms with E-state index in [2.05, 4.69) is 59.5 Å². The molecule has 0 radical (unpaired) electrons. The molecular weight excluding hydrogens is 260 g/mol. The van der Waals surface area contributed by atoms with Crippen LogP contribution < -0.4 is 11.1 Å². The molecule has 0 spiro atoms. The number of rotatable bonds is 2. The first-order chi connectivity index (χ1) is 10.1. The van der Waals surface area contributed by atoms with E-state index in [0.29, 0.717) is 0 Å². The summed E-state index contributed by atoms with van der Waals surface area (Å²) in [6.07, 6.45) is 0. The number of nitrogens with one attached hydrogen (secondary N) is 1. The lowest BCUT2D eigenvalue weighted by Gasteiger charge is -2.12. The Morgan fingerprint density at radius 3 is 2.38 bits per heavy atom. The molecule has 0 saturated carbocycles. The minimum absolute atomic E-state index is 0.283. The molecule has 2 aromatic carbocycles. The van der Waals surface area contributed by atoms with Crippen LogP contribution in [0.3, 0.4) is 0 Å². The van der Waals surface area contributed by atoms with Crippen LogP contribution in [-0.2, 0) is 0 Å². The molecule has 3 aromatic rings. The smallest absolute Gasteiger partial charge is 0.222 e. The quantitative estimate of drug-likeness (QED) is 0.752. The first-order valence-electron chi connectivity index (χ1n) is 6.92. The summed E-state index contributed by atoms with van der Waals surface area (Å²) in [5.74, 6) is 1.04. The first-order valence-corrected chi connectivity index (χ1v) is 6.92. The third-order valence-electron chi connectivity index (χ3n) is 3.72. The van der Waals surface area contributed by atoms with Gasteiger partial charge in [0.2, 0.25) is 5.95 Å². The molecule has 0 saturated heterocycles. The van der Waals surface area contributed by atoms with Crippen LogP contribution >= 0.6 is 0 Å². The van der Waals surface area contributed by atoms with Gasteiger partial charge in [0, 0.05) is 12.4 Å². The van der Waals surface area contributed by atoms with Crippen molar-refractivity contribution >= 4 is 22.7 Å². The number of anilines is 2. The Labute approximate surface area is 124 Å². The van der Waals surface area contributed by atoms with E-state index in [1.54, 1.807) is 0 Å². The number of benzene rings is 2. The maximum absolute atomic E-state index is 5.79. The fourth-order valence-electron chi connectivity index (χ4n) is 2.76. The van der Waals surface area contributed by atoms with Gasteiger partial charge in [0.25, 0.3) is 0 Å². The Balaban J connectivity index is 2.27. The second kappa shape index (κ2) is 5.05. The van der Waals surface area contributed by atoms with Crippen LogP contribution in [0.2, 0.25) is 0 Å². The molecule has 1 aromatic heterocycles. The lowest BCUT2D eigenvalue weighted by atomic mass is 9.95. The zero-order valence-electron chi connectivity index (χ0n) is 12.4. The molecule has 4 nitrogen and oxygen atoms in total. The van der Waals surface area contributed by atoms with Gasteiger partial charge in [-0.15, -0.1) is 0 Å². The zero-order chi connectivity index (χ0) is 15.0. The fraction of sp³-hybridized carbons (Fsp3) is 0.176. The summed E-state index contributed by atoms with van der Waals surface area (Å²) in [5, 5.41) is 4.04.